The van der Waals surface area contributed by atoms with Gasteiger partial charge in [0.25, 0.3) is 0 Å². The molecule has 0 aliphatic heterocycles. The summed E-state index contributed by atoms with van der Waals surface area (Å²) in [6, 6.07) is 0. The second kappa shape index (κ2) is 5.48. The first kappa shape index (κ1) is 15.9. The van der Waals surface area contributed by atoms with Crippen LogP contribution in [0.15, 0.2) is 0 Å². The Hall–Kier alpha value is -0.120. The van der Waals surface area contributed by atoms with E-state index in [4.69, 9.17) is 14.5 Å². The van der Waals surface area contributed by atoms with Crippen molar-refractivity contribution in [1.82, 2.24) is 0 Å². The number of rotatable bonds is 3. The van der Waals surface area contributed by atoms with Gasteiger partial charge in [-0.05, 0) is 44.9 Å². The quantitative estimate of drug-likeness (QED) is 0.429. The maximum atomic E-state index is 5.62. The molecule has 0 unspecified atom stereocenters. The summed E-state index contributed by atoms with van der Waals surface area (Å²) in [6.07, 6.45) is 4.07. The molecule has 0 aromatic carbocycles. The topological polar surface area (TPSA) is 27.7 Å². The van der Waals surface area contributed by atoms with Crippen LogP contribution in [0.25, 0.3) is 0 Å². The summed E-state index contributed by atoms with van der Waals surface area (Å²) in [6.45, 7) is 12.9. The lowest BCUT2D eigenvalue weighted by atomic mass is 9.71. The minimum Gasteiger partial charge on any atom is -0.351 e. The maximum absolute atomic E-state index is 5.62. The Bertz CT molecular complexity index is 252. The molecule has 0 aromatic rings. The van der Waals surface area contributed by atoms with E-state index in [0.717, 1.165) is 31.6 Å². The second-order valence-electron chi connectivity index (χ2n) is 7.53. The molecular weight excluding hydrogens is 228 g/mol. The van der Waals surface area contributed by atoms with Gasteiger partial charge in [-0.2, -0.15) is 0 Å². The lowest BCUT2D eigenvalue weighted by Crippen LogP contribution is -2.43. The molecule has 0 saturated heterocycles. The molecule has 3 heteroatoms. The van der Waals surface area contributed by atoms with Gasteiger partial charge in [-0.3, -0.25) is 0 Å². The Morgan fingerprint density at radius 2 is 1.44 bits per heavy atom. The first-order chi connectivity index (χ1) is 8.08. The average Bonchev–Trinajstić information content (AvgIpc) is 2.25. The molecule has 0 aromatic heterocycles. The second-order valence-corrected chi connectivity index (χ2v) is 7.53. The van der Waals surface area contributed by atoms with Gasteiger partial charge in [0.15, 0.2) is 0 Å². The normalized spacial score (nSPS) is 30.5. The standard InChI is InChI=1S/C15H30O3/c1-13(2,3)12-8-10-15(16-7,11-9-12)18-17-14(4,5)6/h12H,8-11H2,1-7H3. The zero-order chi connectivity index (χ0) is 14.0. The largest absolute Gasteiger partial charge is 0.351 e. The van der Waals surface area contributed by atoms with Crippen LogP contribution < -0.4 is 0 Å². The van der Waals surface area contributed by atoms with Crippen molar-refractivity contribution in [3.63, 3.8) is 0 Å². The Kier molecular flexibility index (Phi) is 4.85. The van der Waals surface area contributed by atoms with Gasteiger partial charge in [-0.25, -0.2) is 9.78 Å². The van der Waals surface area contributed by atoms with Crippen LogP contribution in [0.1, 0.15) is 67.2 Å². The molecule has 1 aliphatic rings. The molecular formula is C15H30O3. The van der Waals surface area contributed by atoms with Crippen molar-refractivity contribution < 1.29 is 14.5 Å². The number of hydrogen-bond donors (Lipinski definition) is 0. The van der Waals surface area contributed by atoms with Crippen LogP contribution in [0.2, 0.25) is 0 Å². The Labute approximate surface area is 112 Å². The van der Waals surface area contributed by atoms with Crippen LogP contribution in [-0.4, -0.2) is 18.5 Å². The van der Waals surface area contributed by atoms with Crippen molar-refractivity contribution in [2.24, 2.45) is 11.3 Å². The lowest BCUT2D eigenvalue weighted by Gasteiger charge is -2.42. The molecule has 0 spiro atoms. The molecule has 1 aliphatic carbocycles. The van der Waals surface area contributed by atoms with Gasteiger partial charge in [0, 0.05) is 20.0 Å². The highest BCUT2D eigenvalue weighted by molar-refractivity contribution is 4.84. The van der Waals surface area contributed by atoms with Crippen LogP contribution in [0.3, 0.4) is 0 Å². The number of ether oxygens (including phenoxy) is 1. The highest BCUT2D eigenvalue weighted by atomic mass is 17.2. The Balaban J connectivity index is 2.55. The summed E-state index contributed by atoms with van der Waals surface area (Å²) in [4.78, 5) is 11.1. The first-order valence-corrected chi connectivity index (χ1v) is 7.00. The van der Waals surface area contributed by atoms with E-state index in [1.54, 1.807) is 7.11 Å². The molecule has 0 amide bonds. The minimum absolute atomic E-state index is 0.299. The zero-order valence-electron chi connectivity index (χ0n) is 13.1. The Morgan fingerprint density at radius 1 is 0.944 bits per heavy atom. The van der Waals surface area contributed by atoms with Gasteiger partial charge in [-0.1, -0.05) is 20.8 Å². The van der Waals surface area contributed by atoms with Crippen molar-refractivity contribution >= 4 is 0 Å². The third kappa shape index (κ3) is 4.52. The predicted molar refractivity (Wildman–Crippen MR) is 73.1 cm³/mol. The van der Waals surface area contributed by atoms with E-state index >= 15 is 0 Å². The molecule has 1 fully saturated rings. The van der Waals surface area contributed by atoms with Crippen molar-refractivity contribution in [3.05, 3.63) is 0 Å². The van der Waals surface area contributed by atoms with Crippen LogP contribution in [0.5, 0.6) is 0 Å². The monoisotopic (exact) mass is 258 g/mol. The number of hydrogen-bond acceptors (Lipinski definition) is 3. The minimum atomic E-state index is -0.547. The average molecular weight is 258 g/mol. The molecule has 1 rings (SSSR count). The van der Waals surface area contributed by atoms with Gasteiger partial charge >= 0.3 is 0 Å². The fourth-order valence-corrected chi connectivity index (χ4v) is 2.45. The van der Waals surface area contributed by atoms with Gasteiger partial charge in [0.2, 0.25) is 5.79 Å². The highest BCUT2D eigenvalue weighted by Gasteiger charge is 2.41. The smallest absolute Gasteiger partial charge is 0.201 e. The summed E-state index contributed by atoms with van der Waals surface area (Å²) in [5.41, 5.74) is 0.0667. The van der Waals surface area contributed by atoms with Crippen LogP contribution in [0.4, 0.5) is 0 Å². The van der Waals surface area contributed by atoms with E-state index in [2.05, 4.69) is 20.8 Å². The predicted octanol–water partition coefficient (Wildman–Crippen LogP) is 4.31. The molecule has 0 atom stereocenters. The van der Waals surface area contributed by atoms with E-state index < -0.39 is 5.79 Å². The first-order valence-electron chi connectivity index (χ1n) is 7.00. The molecule has 3 nitrogen and oxygen atoms in total. The van der Waals surface area contributed by atoms with Crippen molar-refractivity contribution in [2.75, 3.05) is 7.11 Å². The van der Waals surface area contributed by atoms with E-state index in [1.807, 2.05) is 20.8 Å². The van der Waals surface area contributed by atoms with Crippen molar-refractivity contribution in [1.29, 1.82) is 0 Å². The zero-order valence-corrected chi connectivity index (χ0v) is 13.1. The van der Waals surface area contributed by atoms with Gasteiger partial charge < -0.3 is 4.74 Å². The van der Waals surface area contributed by atoms with E-state index in [9.17, 15) is 0 Å². The van der Waals surface area contributed by atoms with E-state index in [-0.39, 0.29) is 5.60 Å². The van der Waals surface area contributed by atoms with Gasteiger partial charge in [0.05, 0.1) is 5.60 Å². The van der Waals surface area contributed by atoms with E-state index in [0.29, 0.717) is 5.41 Å². The van der Waals surface area contributed by atoms with E-state index in [1.165, 1.54) is 0 Å². The fraction of sp³-hybridized carbons (Fsp3) is 1.00. The van der Waals surface area contributed by atoms with Crippen LogP contribution in [-0.2, 0) is 14.5 Å². The maximum Gasteiger partial charge on any atom is 0.201 e. The summed E-state index contributed by atoms with van der Waals surface area (Å²) in [5.74, 6) is 0.189. The Morgan fingerprint density at radius 3 is 1.78 bits per heavy atom. The molecule has 18 heavy (non-hydrogen) atoms. The third-order valence-electron chi connectivity index (χ3n) is 3.79. The lowest BCUT2D eigenvalue weighted by molar-refractivity contribution is -0.462. The fourth-order valence-electron chi connectivity index (χ4n) is 2.45. The molecule has 0 radical (unpaired) electrons. The summed E-state index contributed by atoms with van der Waals surface area (Å²) >= 11 is 0. The van der Waals surface area contributed by atoms with Crippen LogP contribution in [0, 0.1) is 11.3 Å². The SMILES string of the molecule is COC1(OOC(C)(C)C)CCC(C(C)(C)C)CC1. The van der Waals surface area contributed by atoms with Crippen molar-refractivity contribution in [2.45, 2.75) is 78.6 Å². The summed E-state index contributed by atoms with van der Waals surface area (Å²) in [5, 5.41) is 0. The van der Waals surface area contributed by atoms with Crippen LogP contribution >= 0.6 is 0 Å². The van der Waals surface area contributed by atoms with Gasteiger partial charge in [0.1, 0.15) is 0 Å². The van der Waals surface area contributed by atoms with Gasteiger partial charge in [-0.15, -0.1) is 0 Å². The molecule has 108 valence electrons. The van der Waals surface area contributed by atoms with Crippen molar-refractivity contribution in [3.8, 4) is 0 Å². The highest BCUT2D eigenvalue weighted by Crippen LogP contribution is 2.43. The molecule has 0 bridgehead atoms. The summed E-state index contributed by atoms with van der Waals surface area (Å²) < 4.78 is 5.59. The molecule has 0 N–H and O–H groups in total. The molecule has 1 saturated carbocycles. The number of methoxy groups -OCH3 is 1. The molecule has 0 heterocycles. The third-order valence-corrected chi connectivity index (χ3v) is 3.79. The summed E-state index contributed by atoms with van der Waals surface area (Å²) in [7, 11) is 1.71.